The van der Waals surface area contributed by atoms with E-state index in [2.05, 4.69) is 76.2 Å². The number of carbonyl (C=O) groups is 1. The van der Waals surface area contributed by atoms with Gasteiger partial charge in [0.05, 0.1) is 6.54 Å². The molecule has 0 bridgehead atoms. The molecule has 2 aliphatic heterocycles. The molecule has 2 aromatic carbocycles. The minimum absolute atomic E-state index is 0.290. The summed E-state index contributed by atoms with van der Waals surface area (Å²) in [6.45, 7) is 8.30. The molecule has 28 heavy (non-hydrogen) atoms. The number of benzene rings is 2. The van der Waals surface area contributed by atoms with Gasteiger partial charge in [0, 0.05) is 38.8 Å². The van der Waals surface area contributed by atoms with E-state index in [9.17, 15) is 4.79 Å². The minimum Gasteiger partial charge on any atom is -0.339 e. The summed E-state index contributed by atoms with van der Waals surface area (Å²) in [7, 11) is 0. The van der Waals surface area contributed by atoms with Crippen LogP contribution in [0, 0.1) is 6.92 Å². The van der Waals surface area contributed by atoms with Gasteiger partial charge in [-0.05, 0) is 37.4 Å². The highest BCUT2D eigenvalue weighted by Crippen LogP contribution is 2.31. The first-order chi connectivity index (χ1) is 13.7. The number of aryl methyl sites for hydroxylation is 1. The van der Waals surface area contributed by atoms with Crippen molar-refractivity contribution in [2.24, 2.45) is 0 Å². The molecule has 1 atom stereocenters. The summed E-state index contributed by atoms with van der Waals surface area (Å²) in [6.07, 6.45) is 2.33. The van der Waals surface area contributed by atoms with Crippen LogP contribution < -0.4 is 0 Å². The van der Waals surface area contributed by atoms with Crippen LogP contribution in [0.1, 0.15) is 35.6 Å². The fourth-order valence-electron chi connectivity index (χ4n) is 4.57. The van der Waals surface area contributed by atoms with Crippen LogP contribution in [-0.2, 0) is 11.3 Å². The van der Waals surface area contributed by atoms with E-state index in [0.29, 0.717) is 12.6 Å². The van der Waals surface area contributed by atoms with Gasteiger partial charge in [0.1, 0.15) is 0 Å². The lowest BCUT2D eigenvalue weighted by molar-refractivity contribution is -0.134. The van der Waals surface area contributed by atoms with Crippen molar-refractivity contribution in [2.45, 2.75) is 32.4 Å². The predicted octanol–water partition coefficient (Wildman–Crippen LogP) is 3.48. The average molecular weight is 378 g/mol. The van der Waals surface area contributed by atoms with Gasteiger partial charge < -0.3 is 4.90 Å². The summed E-state index contributed by atoms with van der Waals surface area (Å²) in [5.74, 6) is 0.290. The average Bonchev–Trinajstić information content (AvgIpc) is 3.17. The van der Waals surface area contributed by atoms with Gasteiger partial charge in [-0.1, -0.05) is 60.2 Å². The number of rotatable bonds is 5. The van der Waals surface area contributed by atoms with Crippen LogP contribution in [0.3, 0.4) is 0 Å². The maximum Gasteiger partial charge on any atom is 0.236 e. The summed E-state index contributed by atoms with van der Waals surface area (Å²) >= 11 is 0. The van der Waals surface area contributed by atoms with Gasteiger partial charge in [-0.15, -0.1) is 0 Å². The van der Waals surface area contributed by atoms with Crippen molar-refractivity contribution in [1.29, 1.82) is 0 Å². The fraction of sp³-hybridized carbons (Fsp3) is 0.458. The van der Waals surface area contributed by atoms with Gasteiger partial charge in [0.2, 0.25) is 5.91 Å². The standard InChI is InChI=1S/C24H31N3O/c1-20-7-5-8-21(17-20)18-25-13-15-26(16-14-25)24(28)19-27-12-6-11-23(27)22-9-3-2-4-10-22/h2-5,7-10,17,23H,6,11-16,18-19H2,1H3. The second kappa shape index (κ2) is 8.89. The molecule has 4 nitrogen and oxygen atoms in total. The molecule has 0 radical (unpaired) electrons. The Morgan fingerprint density at radius 1 is 0.964 bits per heavy atom. The number of piperazine rings is 1. The first-order valence-corrected chi connectivity index (χ1v) is 10.5. The van der Waals surface area contributed by atoms with Crippen LogP contribution in [0.15, 0.2) is 54.6 Å². The zero-order chi connectivity index (χ0) is 19.3. The number of amides is 1. The van der Waals surface area contributed by atoms with Crippen LogP contribution in [0.2, 0.25) is 0 Å². The third kappa shape index (κ3) is 4.62. The van der Waals surface area contributed by atoms with Gasteiger partial charge in [-0.2, -0.15) is 0 Å². The maximum absolute atomic E-state index is 12.9. The second-order valence-electron chi connectivity index (χ2n) is 8.19. The van der Waals surface area contributed by atoms with Crippen molar-refractivity contribution in [2.75, 3.05) is 39.3 Å². The number of nitrogens with zero attached hydrogens (tertiary/aromatic N) is 3. The van der Waals surface area contributed by atoms with Crippen LogP contribution in [0.4, 0.5) is 0 Å². The number of likely N-dealkylation sites (tertiary alicyclic amines) is 1. The Bertz CT molecular complexity index is 783. The lowest BCUT2D eigenvalue weighted by atomic mass is 10.0. The molecule has 1 amide bonds. The minimum atomic E-state index is 0.290. The zero-order valence-electron chi connectivity index (χ0n) is 16.9. The Labute approximate surface area is 168 Å². The van der Waals surface area contributed by atoms with E-state index in [4.69, 9.17) is 0 Å². The predicted molar refractivity (Wildman–Crippen MR) is 113 cm³/mol. The molecule has 4 rings (SSSR count). The number of carbonyl (C=O) groups excluding carboxylic acids is 1. The molecular weight excluding hydrogens is 346 g/mol. The summed E-state index contributed by atoms with van der Waals surface area (Å²) in [4.78, 5) is 19.8. The highest BCUT2D eigenvalue weighted by atomic mass is 16.2. The zero-order valence-corrected chi connectivity index (χ0v) is 16.9. The quantitative estimate of drug-likeness (QED) is 0.798. The Hall–Kier alpha value is -2.17. The highest BCUT2D eigenvalue weighted by molar-refractivity contribution is 5.78. The van der Waals surface area contributed by atoms with Gasteiger partial charge in [0.25, 0.3) is 0 Å². The molecule has 148 valence electrons. The molecule has 0 aliphatic carbocycles. The van der Waals surface area contributed by atoms with Gasteiger partial charge in [-0.25, -0.2) is 0 Å². The molecular formula is C24H31N3O. The Morgan fingerprint density at radius 2 is 1.75 bits per heavy atom. The van der Waals surface area contributed by atoms with E-state index in [1.54, 1.807) is 0 Å². The third-order valence-electron chi connectivity index (χ3n) is 6.10. The van der Waals surface area contributed by atoms with E-state index in [1.807, 2.05) is 0 Å². The third-order valence-corrected chi connectivity index (χ3v) is 6.10. The van der Waals surface area contributed by atoms with Gasteiger partial charge in [0.15, 0.2) is 0 Å². The molecule has 0 N–H and O–H groups in total. The van der Waals surface area contributed by atoms with Crippen LogP contribution >= 0.6 is 0 Å². The number of hydrogen-bond acceptors (Lipinski definition) is 3. The maximum atomic E-state index is 12.9. The topological polar surface area (TPSA) is 26.8 Å². The molecule has 4 heteroatoms. The molecule has 2 saturated heterocycles. The van der Waals surface area contributed by atoms with Crippen LogP contribution in [-0.4, -0.2) is 59.9 Å². The summed E-state index contributed by atoms with van der Waals surface area (Å²) < 4.78 is 0. The van der Waals surface area contributed by atoms with Crippen molar-refractivity contribution < 1.29 is 4.79 Å². The van der Waals surface area contributed by atoms with E-state index in [-0.39, 0.29) is 5.91 Å². The summed E-state index contributed by atoms with van der Waals surface area (Å²) in [6, 6.07) is 19.8. The lowest BCUT2D eigenvalue weighted by Gasteiger charge is -2.36. The van der Waals surface area contributed by atoms with Crippen molar-refractivity contribution in [1.82, 2.24) is 14.7 Å². The Balaban J connectivity index is 1.28. The smallest absolute Gasteiger partial charge is 0.236 e. The van der Waals surface area contributed by atoms with E-state index >= 15 is 0 Å². The highest BCUT2D eigenvalue weighted by Gasteiger charge is 2.29. The van der Waals surface area contributed by atoms with Gasteiger partial charge in [-0.3, -0.25) is 14.6 Å². The van der Waals surface area contributed by atoms with Crippen molar-refractivity contribution in [3.05, 3.63) is 71.3 Å². The van der Waals surface area contributed by atoms with Crippen molar-refractivity contribution in [3.63, 3.8) is 0 Å². The Morgan fingerprint density at radius 3 is 2.50 bits per heavy atom. The number of hydrogen-bond donors (Lipinski definition) is 0. The molecule has 2 heterocycles. The molecule has 0 spiro atoms. The van der Waals surface area contributed by atoms with E-state index in [1.165, 1.54) is 23.1 Å². The monoisotopic (exact) mass is 377 g/mol. The second-order valence-corrected chi connectivity index (χ2v) is 8.19. The van der Waals surface area contributed by atoms with Crippen LogP contribution in [0.5, 0.6) is 0 Å². The van der Waals surface area contributed by atoms with E-state index in [0.717, 1.165) is 45.7 Å². The van der Waals surface area contributed by atoms with E-state index < -0.39 is 0 Å². The van der Waals surface area contributed by atoms with Crippen LogP contribution in [0.25, 0.3) is 0 Å². The fourth-order valence-corrected chi connectivity index (χ4v) is 4.57. The molecule has 2 fully saturated rings. The molecule has 0 aromatic heterocycles. The largest absolute Gasteiger partial charge is 0.339 e. The molecule has 0 saturated carbocycles. The SMILES string of the molecule is Cc1cccc(CN2CCN(C(=O)CN3CCCC3c3ccccc3)CC2)c1. The first-order valence-electron chi connectivity index (χ1n) is 10.5. The molecule has 2 aromatic rings. The summed E-state index contributed by atoms with van der Waals surface area (Å²) in [5, 5.41) is 0. The van der Waals surface area contributed by atoms with Crippen molar-refractivity contribution in [3.8, 4) is 0 Å². The normalized spacial score (nSPS) is 21.2. The summed E-state index contributed by atoms with van der Waals surface area (Å²) in [5.41, 5.74) is 4.02. The Kier molecular flexibility index (Phi) is 6.08. The molecule has 1 unspecified atom stereocenters. The molecule has 2 aliphatic rings. The first kappa shape index (κ1) is 19.2. The van der Waals surface area contributed by atoms with Gasteiger partial charge >= 0.3 is 0 Å². The van der Waals surface area contributed by atoms with Crippen molar-refractivity contribution >= 4 is 5.91 Å². The lowest BCUT2D eigenvalue weighted by Crippen LogP contribution is -2.50.